The molecule has 1 aliphatic rings. The third kappa shape index (κ3) is 2.13. The van der Waals surface area contributed by atoms with Gasteiger partial charge >= 0.3 is 0 Å². The highest BCUT2D eigenvalue weighted by atomic mass is 19.1. The zero-order chi connectivity index (χ0) is 13.3. The Labute approximate surface area is 103 Å². The molecular formula is C12H13FN2O3. The maximum atomic E-state index is 13.5. The summed E-state index contributed by atoms with van der Waals surface area (Å²) in [5.74, 6) is -2.06. The highest BCUT2D eigenvalue weighted by Gasteiger charge is 2.28. The Bertz CT molecular complexity index is 484. The molecule has 0 aliphatic carbocycles. The molecular weight excluding hydrogens is 239 g/mol. The molecule has 0 radical (unpaired) electrons. The summed E-state index contributed by atoms with van der Waals surface area (Å²) in [6.07, 6.45) is 0. The van der Waals surface area contributed by atoms with Gasteiger partial charge < -0.3 is 14.9 Å². The molecule has 0 saturated carbocycles. The summed E-state index contributed by atoms with van der Waals surface area (Å²) >= 11 is 0. The zero-order valence-corrected chi connectivity index (χ0v) is 9.89. The van der Waals surface area contributed by atoms with Gasteiger partial charge in [-0.25, -0.2) is 4.39 Å². The first kappa shape index (κ1) is 12.3. The first-order chi connectivity index (χ1) is 8.50. The molecule has 0 spiro atoms. The zero-order valence-electron chi connectivity index (χ0n) is 9.89. The van der Waals surface area contributed by atoms with Crippen LogP contribution < -0.4 is 0 Å². The Morgan fingerprint density at radius 3 is 2.72 bits per heavy atom. The van der Waals surface area contributed by atoms with E-state index in [0.717, 1.165) is 6.07 Å². The lowest BCUT2D eigenvalue weighted by Gasteiger charge is -2.32. The van der Waals surface area contributed by atoms with E-state index in [9.17, 15) is 19.1 Å². The minimum absolute atomic E-state index is 0.0941. The molecule has 2 amide bonds. The smallest absolute Gasteiger partial charge is 0.261 e. The van der Waals surface area contributed by atoms with Gasteiger partial charge in [-0.1, -0.05) is 6.07 Å². The largest absolute Gasteiger partial charge is 0.507 e. The number of hydrogen-bond acceptors (Lipinski definition) is 3. The minimum atomic E-state index is -0.786. The number of amides is 2. The Kier molecular flexibility index (Phi) is 3.18. The van der Waals surface area contributed by atoms with Gasteiger partial charge in [-0.2, -0.15) is 0 Å². The Morgan fingerprint density at radius 1 is 1.39 bits per heavy atom. The van der Waals surface area contributed by atoms with E-state index in [1.54, 1.807) is 7.05 Å². The average Bonchev–Trinajstić information content (AvgIpc) is 2.32. The van der Waals surface area contributed by atoms with Crippen molar-refractivity contribution in [3.8, 4) is 5.75 Å². The molecule has 5 nitrogen and oxygen atoms in total. The number of phenolic OH excluding ortho intramolecular Hbond substituents is 1. The first-order valence-corrected chi connectivity index (χ1v) is 5.51. The topological polar surface area (TPSA) is 60.9 Å². The van der Waals surface area contributed by atoms with E-state index in [1.807, 2.05) is 0 Å². The van der Waals surface area contributed by atoms with Crippen molar-refractivity contribution in [2.24, 2.45) is 0 Å². The predicted molar refractivity (Wildman–Crippen MR) is 61.6 cm³/mol. The lowest BCUT2D eigenvalue weighted by Crippen LogP contribution is -2.50. The highest BCUT2D eigenvalue weighted by molar-refractivity contribution is 5.99. The molecule has 1 saturated heterocycles. The van der Waals surface area contributed by atoms with Crippen molar-refractivity contribution >= 4 is 11.8 Å². The maximum absolute atomic E-state index is 13.5. The third-order valence-electron chi connectivity index (χ3n) is 2.95. The average molecular weight is 252 g/mol. The van der Waals surface area contributed by atoms with Crippen molar-refractivity contribution < 1.29 is 19.1 Å². The molecule has 1 aliphatic heterocycles. The summed E-state index contributed by atoms with van der Waals surface area (Å²) in [6.45, 7) is 0.637. The number of halogens is 1. The van der Waals surface area contributed by atoms with Crippen LogP contribution in [0, 0.1) is 5.82 Å². The van der Waals surface area contributed by atoms with Gasteiger partial charge in [0.1, 0.15) is 23.7 Å². The fourth-order valence-corrected chi connectivity index (χ4v) is 1.81. The van der Waals surface area contributed by atoms with Crippen molar-refractivity contribution in [1.29, 1.82) is 0 Å². The van der Waals surface area contributed by atoms with E-state index >= 15 is 0 Å². The molecule has 0 bridgehead atoms. The Morgan fingerprint density at radius 2 is 2.11 bits per heavy atom. The molecule has 6 heteroatoms. The maximum Gasteiger partial charge on any atom is 0.261 e. The van der Waals surface area contributed by atoms with Crippen molar-refractivity contribution in [3.63, 3.8) is 0 Å². The summed E-state index contributed by atoms with van der Waals surface area (Å²) in [7, 11) is 1.64. The molecule has 0 unspecified atom stereocenters. The van der Waals surface area contributed by atoms with E-state index in [4.69, 9.17) is 0 Å². The van der Waals surface area contributed by atoms with Gasteiger partial charge in [0.15, 0.2) is 0 Å². The third-order valence-corrected chi connectivity index (χ3v) is 2.95. The Balaban J connectivity index is 2.24. The van der Waals surface area contributed by atoms with Gasteiger partial charge in [0.25, 0.3) is 5.91 Å². The van der Waals surface area contributed by atoms with E-state index in [-0.39, 0.29) is 18.0 Å². The van der Waals surface area contributed by atoms with Crippen molar-refractivity contribution in [2.45, 2.75) is 0 Å². The SMILES string of the molecule is CN1CCN(C(=O)c2c(O)cccc2F)CC1=O. The normalized spacial score (nSPS) is 16.0. The number of carbonyl (C=O) groups excluding carboxylic acids is 2. The van der Waals surface area contributed by atoms with Crippen LogP contribution in [0.5, 0.6) is 5.75 Å². The second-order valence-corrected chi connectivity index (χ2v) is 4.18. The summed E-state index contributed by atoms with van der Waals surface area (Å²) < 4.78 is 13.5. The lowest BCUT2D eigenvalue weighted by molar-refractivity contribution is -0.133. The summed E-state index contributed by atoms with van der Waals surface area (Å²) in [4.78, 5) is 26.3. The molecule has 0 atom stereocenters. The van der Waals surface area contributed by atoms with Crippen LogP contribution in [0.15, 0.2) is 18.2 Å². The molecule has 1 N–H and O–H groups in total. The number of benzene rings is 1. The van der Waals surface area contributed by atoms with E-state index in [1.165, 1.54) is 21.9 Å². The van der Waals surface area contributed by atoms with Crippen molar-refractivity contribution in [2.75, 3.05) is 26.7 Å². The quantitative estimate of drug-likeness (QED) is 0.789. The number of aromatic hydroxyl groups is 1. The van der Waals surface area contributed by atoms with Crippen LogP contribution in [0.25, 0.3) is 0 Å². The Hall–Kier alpha value is -2.11. The summed E-state index contributed by atoms with van der Waals surface area (Å²) in [5, 5.41) is 9.53. The van der Waals surface area contributed by atoms with Crippen molar-refractivity contribution in [3.05, 3.63) is 29.6 Å². The molecule has 1 aromatic rings. The van der Waals surface area contributed by atoms with E-state index < -0.39 is 17.5 Å². The first-order valence-electron chi connectivity index (χ1n) is 5.51. The van der Waals surface area contributed by atoms with Crippen LogP contribution in [-0.2, 0) is 4.79 Å². The fraction of sp³-hybridized carbons (Fsp3) is 0.333. The van der Waals surface area contributed by atoms with Gasteiger partial charge in [-0.3, -0.25) is 9.59 Å². The monoisotopic (exact) mass is 252 g/mol. The molecule has 18 heavy (non-hydrogen) atoms. The number of piperazine rings is 1. The molecule has 2 rings (SSSR count). The van der Waals surface area contributed by atoms with Gasteiger partial charge in [-0.15, -0.1) is 0 Å². The second-order valence-electron chi connectivity index (χ2n) is 4.18. The van der Waals surface area contributed by atoms with Gasteiger partial charge in [-0.05, 0) is 12.1 Å². The number of phenols is 1. The second kappa shape index (κ2) is 4.64. The van der Waals surface area contributed by atoms with Crippen LogP contribution in [-0.4, -0.2) is 53.4 Å². The fourth-order valence-electron chi connectivity index (χ4n) is 1.81. The van der Waals surface area contributed by atoms with Gasteiger partial charge in [0, 0.05) is 20.1 Å². The standard InChI is InChI=1S/C12H13FN2O3/c1-14-5-6-15(7-10(14)17)12(18)11-8(13)3-2-4-9(11)16/h2-4,16H,5-7H2,1H3. The minimum Gasteiger partial charge on any atom is -0.507 e. The van der Waals surface area contributed by atoms with Crippen LogP contribution in [0.4, 0.5) is 4.39 Å². The van der Waals surface area contributed by atoms with E-state index in [0.29, 0.717) is 13.1 Å². The predicted octanol–water partition coefficient (Wildman–Crippen LogP) is 0.446. The van der Waals surface area contributed by atoms with Gasteiger partial charge in [0.2, 0.25) is 5.91 Å². The van der Waals surface area contributed by atoms with E-state index in [2.05, 4.69) is 0 Å². The number of likely N-dealkylation sites (N-methyl/N-ethyl adjacent to an activating group) is 1. The van der Waals surface area contributed by atoms with Gasteiger partial charge in [0.05, 0.1) is 0 Å². The number of nitrogens with zero attached hydrogens (tertiary/aromatic N) is 2. The number of rotatable bonds is 1. The lowest BCUT2D eigenvalue weighted by atomic mass is 10.1. The van der Waals surface area contributed by atoms with Crippen LogP contribution >= 0.6 is 0 Å². The molecule has 1 aromatic carbocycles. The number of carbonyl (C=O) groups is 2. The molecule has 1 fully saturated rings. The summed E-state index contributed by atoms with van der Waals surface area (Å²) in [5.41, 5.74) is -0.380. The molecule has 1 heterocycles. The van der Waals surface area contributed by atoms with Crippen LogP contribution in [0.2, 0.25) is 0 Å². The van der Waals surface area contributed by atoms with Crippen molar-refractivity contribution in [1.82, 2.24) is 9.80 Å². The molecule has 96 valence electrons. The van der Waals surface area contributed by atoms with Crippen LogP contribution in [0.1, 0.15) is 10.4 Å². The molecule has 0 aromatic heterocycles. The highest BCUT2D eigenvalue weighted by Crippen LogP contribution is 2.22. The number of hydrogen-bond donors (Lipinski definition) is 1. The van der Waals surface area contributed by atoms with Crippen LogP contribution in [0.3, 0.4) is 0 Å². The summed E-state index contributed by atoms with van der Waals surface area (Å²) in [6, 6.07) is 3.66.